The number of amides is 1. The minimum Gasteiger partial charge on any atom is -0.496 e. The van der Waals surface area contributed by atoms with Gasteiger partial charge >= 0.3 is 6.18 Å². The van der Waals surface area contributed by atoms with E-state index in [0.717, 1.165) is 12.1 Å². The van der Waals surface area contributed by atoms with Crippen LogP contribution in [-0.4, -0.2) is 40.7 Å². The van der Waals surface area contributed by atoms with Crippen LogP contribution in [0.1, 0.15) is 22.3 Å². The van der Waals surface area contributed by atoms with Crippen molar-refractivity contribution in [3.63, 3.8) is 0 Å². The molecule has 3 rings (SSSR count). The molecule has 31 heavy (non-hydrogen) atoms. The zero-order valence-electron chi connectivity index (χ0n) is 16.1. The molecule has 1 heterocycles. The second-order valence-corrected chi connectivity index (χ2v) is 8.40. The van der Waals surface area contributed by atoms with Gasteiger partial charge in [0.25, 0.3) is 5.91 Å². The van der Waals surface area contributed by atoms with Crippen molar-refractivity contribution >= 4 is 21.6 Å². The molecule has 2 aromatic carbocycles. The molecule has 0 radical (unpaired) electrons. The summed E-state index contributed by atoms with van der Waals surface area (Å²) in [4.78, 5) is 12.4. The van der Waals surface area contributed by atoms with Crippen LogP contribution in [0.3, 0.4) is 0 Å². The number of methoxy groups -OCH3 is 1. The van der Waals surface area contributed by atoms with E-state index in [4.69, 9.17) is 9.47 Å². The van der Waals surface area contributed by atoms with Crippen LogP contribution in [0.4, 0.5) is 23.2 Å². The van der Waals surface area contributed by atoms with Gasteiger partial charge in [-0.3, -0.25) is 4.79 Å². The Bertz CT molecular complexity index is 1080. The smallest absolute Gasteiger partial charge is 0.419 e. The van der Waals surface area contributed by atoms with Gasteiger partial charge in [0.05, 0.1) is 29.7 Å². The number of rotatable bonds is 6. The van der Waals surface area contributed by atoms with Crippen LogP contribution in [0.5, 0.6) is 5.75 Å². The standard InChI is InChI=1S/C19H18F4N2O5S/c1-29-17-5-3-13(31(27,28)25-12-6-7-30-10-12)9-14(17)18(26)24-11-2-4-16(20)15(8-11)19(21,22)23/h2-5,8-9,12,25H,6-7,10H2,1H3,(H,24,26). The first kappa shape index (κ1) is 23.0. The predicted molar refractivity (Wildman–Crippen MR) is 102 cm³/mol. The van der Waals surface area contributed by atoms with Gasteiger partial charge in [0.2, 0.25) is 10.0 Å². The zero-order valence-corrected chi connectivity index (χ0v) is 16.9. The maximum atomic E-state index is 13.5. The van der Waals surface area contributed by atoms with Crippen molar-refractivity contribution in [3.8, 4) is 5.75 Å². The first-order valence-electron chi connectivity index (χ1n) is 8.97. The summed E-state index contributed by atoms with van der Waals surface area (Å²) >= 11 is 0. The molecule has 0 spiro atoms. The fourth-order valence-electron chi connectivity index (χ4n) is 2.97. The summed E-state index contributed by atoms with van der Waals surface area (Å²) < 4.78 is 90.0. The molecule has 168 valence electrons. The highest BCUT2D eigenvalue weighted by atomic mass is 32.2. The molecule has 12 heteroatoms. The number of carbonyl (C=O) groups is 1. The molecule has 2 aromatic rings. The highest BCUT2D eigenvalue weighted by molar-refractivity contribution is 7.89. The summed E-state index contributed by atoms with van der Waals surface area (Å²) in [5, 5.41) is 2.20. The summed E-state index contributed by atoms with van der Waals surface area (Å²) in [6, 6.07) is 5.09. The van der Waals surface area contributed by atoms with Gasteiger partial charge in [-0.15, -0.1) is 0 Å². The van der Waals surface area contributed by atoms with Crippen LogP contribution in [0.15, 0.2) is 41.3 Å². The Morgan fingerprint density at radius 3 is 2.55 bits per heavy atom. The Kier molecular flexibility index (Phi) is 6.53. The number of nitrogens with one attached hydrogen (secondary N) is 2. The third-order valence-electron chi connectivity index (χ3n) is 4.51. The molecule has 1 unspecified atom stereocenters. The fraction of sp³-hybridized carbons (Fsp3) is 0.316. The lowest BCUT2D eigenvalue weighted by molar-refractivity contribution is -0.139. The fourth-order valence-corrected chi connectivity index (χ4v) is 4.25. The molecule has 1 aliphatic rings. The van der Waals surface area contributed by atoms with Crippen molar-refractivity contribution in [1.82, 2.24) is 4.72 Å². The lowest BCUT2D eigenvalue weighted by atomic mass is 10.1. The molecule has 0 bridgehead atoms. The maximum Gasteiger partial charge on any atom is 0.419 e. The van der Waals surface area contributed by atoms with Crippen LogP contribution in [0.25, 0.3) is 0 Å². The highest BCUT2D eigenvalue weighted by Gasteiger charge is 2.34. The second-order valence-electron chi connectivity index (χ2n) is 6.69. The number of carbonyl (C=O) groups excluding carboxylic acids is 1. The van der Waals surface area contributed by atoms with E-state index < -0.39 is 39.5 Å². The molecule has 2 N–H and O–H groups in total. The average molecular weight is 462 g/mol. The molecular weight excluding hydrogens is 444 g/mol. The van der Waals surface area contributed by atoms with Crippen LogP contribution in [-0.2, 0) is 20.9 Å². The van der Waals surface area contributed by atoms with Crippen molar-refractivity contribution in [3.05, 3.63) is 53.3 Å². The van der Waals surface area contributed by atoms with Crippen LogP contribution < -0.4 is 14.8 Å². The Labute approximate surface area is 175 Å². The number of benzene rings is 2. The van der Waals surface area contributed by atoms with Gasteiger partial charge < -0.3 is 14.8 Å². The molecule has 0 aliphatic carbocycles. The summed E-state index contributed by atoms with van der Waals surface area (Å²) in [5.41, 5.74) is -2.10. The van der Waals surface area contributed by atoms with Crippen LogP contribution >= 0.6 is 0 Å². The SMILES string of the molecule is COc1ccc(S(=O)(=O)NC2CCOC2)cc1C(=O)Nc1ccc(F)c(C(F)(F)F)c1. The summed E-state index contributed by atoms with van der Waals surface area (Å²) in [5.74, 6) is -2.42. The number of sulfonamides is 1. The molecule has 1 amide bonds. The van der Waals surface area contributed by atoms with Gasteiger partial charge in [-0.1, -0.05) is 0 Å². The Hall–Kier alpha value is -2.70. The van der Waals surface area contributed by atoms with E-state index in [-0.39, 0.29) is 28.5 Å². The first-order valence-corrected chi connectivity index (χ1v) is 10.5. The first-order chi connectivity index (χ1) is 14.5. The van der Waals surface area contributed by atoms with E-state index in [9.17, 15) is 30.8 Å². The number of hydrogen-bond donors (Lipinski definition) is 2. The van der Waals surface area contributed by atoms with Crippen molar-refractivity contribution < 1.29 is 40.2 Å². The number of anilines is 1. The highest BCUT2D eigenvalue weighted by Crippen LogP contribution is 2.33. The van der Waals surface area contributed by atoms with Crippen LogP contribution in [0, 0.1) is 5.82 Å². The van der Waals surface area contributed by atoms with E-state index in [2.05, 4.69) is 10.0 Å². The minimum absolute atomic E-state index is 0.00111. The van der Waals surface area contributed by atoms with Crippen molar-refractivity contribution in [2.24, 2.45) is 0 Å². The van der Waals surface area contributed by atoms with E-state index >= 15 is 0 Å². The second kappa shape index (κ2) is 8.81. The van der Waals surface area contributed by atoms with Gasteiger partial charge in [0.15, 0.2) is 0 Å². The summed E-state index contributed by atoms with van der Waals surface area (Å²) in [6.45, 7) is 0.635. The van der Waals surface area contributed by atoms with Crippen molar-refractivity contribution in [1.29, 1.82) is 0 Å². The third-order valence-corrected chi connectivity index (χ3v) is 6.03. The zero-order chi connectivity index (χ0) is 22.8. The number of ether oxygens (including phenoxy) is 2. The van der Waals surface area contributed by atoms with E-state index in [1.807, 2.05) is 0 Å². The molecule has 7 nitrogen and oxygen atoms in total. The molecule has 1 atom stereocenters. The van der Waals surface area contributed by atoms with E-state index in [1.54, 1.807) is 0 Å². The quantitative estimate of drug-likeness (QED) is 0.644. The minimum atomic E-state index is -4.95. The lowest BCUT2D eigenvalue weighted by Crippen LogP contribution is -2.35. The van der Waals surface area contributed by atoms with Gasteiger partial charge in [0.1, 0.15) is 11.6 Å². The monoisotopic (exact) mass is 462 g/mol. The normalized spacial score (nSPS) is 16.9. The van der Waals surface area contributed by atoms with E-state index in [1.165, 1.54) is 19.2 Å². The molecule has 1 aliphatic heterocycles. The largest absolute Gasteiger partial charge is 0.496 e. The van der Waals surface area contributed by atoms with Crippen molar-refractivity contribution in [2.75, 3.05) is 25.6 Å². The van der Waals surface area contributed by atoms with E-state index in [0.29, 0.717) is 25.2 Å². The summed E-state index contributed by atoms with van der Waals surface area (Å²) in [7, 11) is -2.75. The van der Waals surface area contributed by atoms with Crippen LogP contribution in [0.2, 0.25) is 0 Å². The Morgan fingerprint density at radius 1 is 1.19 bits per heavy atom. The lowest BCUT2D eigenvalue weighted by Gasteiger charge is -2.15. The molecule has 0 aromatic heterocycles. The molecular formula is C19H18F4N2O5S. The third kappa shape index (κ3) is 5.32. The number of alkyl halides is 3. The number of hydrogen-bond acceptors (Lipinski definition) is 5. The number of halogens is 4. The topological polar surface area (TPSA) is 93.7 Å². The van der Waals surface area contributed by atoms with Gasteiger partial charge in [-0.05, 0) is 42.8 Å². The Morgan fingerprint density at radius 2 is 1.94 bits per heavy atom. The molecule has 1 fully saturated rings. The van der Waals surface area contributed by atoms with Gasteiger partial charge in [-0.25, -0.2) is 17.5 Å². The Balaban J connectivity index is 1.89. The van der Waals surface area contributed by atoms with Crippen molar-refractivity contribution in [2.45, 2.75) is 23.5 Å². The molecule has 0 saturated carbocycles. The summed E-state index contributed by atoms with van der Waals surface area (Å²) in [6.07, 6.45) is -4.46. The maximum absolute atomic E-state index is 13.5. The molecule has 1 saturated heterocycles. The van der Waals surface area contributed by atoms with Gasteiger partial charge in [0, 0.05) is 18.3 Å². The van der Waals surface area contributed by atoms with Gasteiger partial charge in [-0.2, -0.15) is 13.2 Å². The average Bonchev–Trinajstić information content (AvgIpc) is 3.20. The predicted octanol–water partition coefficient (Wildman–Crippen LogP) is 3.17.